The zero-order chi connectivity index (χ0) is 22.6. The van der Waals surface area contributed by atoms with Crippen LogP contribution < -0.4 is 5.32 Å². The van der Waals surface area contributed by atoms with Crippen LogP contribution in [0.2, 0.25) is 5.02 Å². The Labute approximate surface area is 199 Å². The lowest BCUT2D eigenvalue weighted by Crippen LogP contribution is -2.54. The van der Waals surface area contributed by atoms with E-state index in [0.29, 0.717) is 16.5 Å². The van der Waals surface area contributed by atoms with E-state index in [1.54, 1.807) is 6.20 Å². The van der Waals surface area contributed by atoms with E-state index in [1.807, 2.05) is 59.5 Å². The number of hydrogen-bond donors (Lipinski definition) is 1. The molecule has 0 unspecified atom stereocenters. The first kappa shape index (κ1) is 21.8. The van der Waals surface area contributed by atoms with Gasteiger partial charge in [-0.1, -0.05) is 23.7 Å². The van der Waals surface area contributed by atoms with Crippen LogP contribution in [0.1, 0.15) is 23.2 Å². The molecule has 1 amide bonds. The number of nitrogens with one attached hydrogen (secondary N) is 1. The van der Waals surface area contributed by atoms with E-state index in [4.69, 9.17) is 11.6 Å². The number of hydrogen-bond acceptors (Lipinski definition) is 6. The number of rotatable bonds is 5. The standard InChI is InChI=1S/C25H27ClN6O/c26-21-7-3-19(4-8-21)23-11-12-27-25(29-23)28-22-9-5-20(6-10-22)24(33)30-15-17-32(18-16-30)31-13-1-2-14-31/h3-12H,1-2,13-18H2,(H,27,28,29). The molecule has 170 valence electrons. The van der Waals surface area contributed by atoms with Gasteiger partial charge in [0, 0.05) is 67.3 Å². The largest absolute Gasteiger partial charge is 0.336 e. The number of carbonyl (C=O) groups is 1. The molecule has 7 nitrogen and oxygen atoms in total. The summed E-state index contributed by atoms with van der Waals surface area (Å²) < 4.78 is 0. The van der Waals surface area contributed by atoms with Crippen LogP contribution in [0.25, 0.3) is 11.3 Å². The molecule has 2 saturated heterocycles. The number of halogens is 1. The summed E-state index contributed by atoms with van der Waals surface area (Å²) in [6.07, 6.45) is 4.27. The molecule has 1 N–H and O–H groups in total. The summed E-state index contributed by atoms with van der Waals surface area (Å²) in [4.78, 5) is 23.8. The van der Waals surface area contributed by atoms with Crippen LogP contribution in [0.5, 0.6) is 0 Å². The van der Waals surface area contributed by atoms with Gasteiger partial charge >= 0.3 is 0 Å². The quantitative estimate of drug-likeness (QED) is 0.609. The Morgan fingerprint density at radius 1 is 0.818 bits per heavy atom. The fraction of sp³-hybridized carbons (Fsp3) is 0.320. The lowest BCUT2D eigenvalue weighted by Gasteiger charge is -2.39. The maximum absolute atomic E-state index is 13.0. The van der Waals surface area contributed by atoms with Crippen LogP contribution in [0.4, 0.5) is 11.6 Å². The molecule has 1 aromatic heterocycles. The maximum atomic E-state index is 13.0. The van der Waals surface area contributed by atoms with E-state index in [2.05, 4.69) is 25.3 Å². The van der Waals surface area contributed by atoms with E-state index in [-0.39, 0.29) is 5.91 Å². The molecular weight excluding hydrogens is 436 g/mol. The first-order chi connectivity index (χ1) is 16.2. The molecule has 0 atom stereocenters. The SMILES string of the molecule is O=C(c1ccc(Nc2nccc(-c3ccc(Cl)cc3)n2)cc1)N1CCN(N2CCCC2)CC1. The van der Waals surface area contributed by atoms with Gasteiger partial charge in [-0.2, -0.15) is 0 Å². The Morgan fingerprint density at radius 3 is 2.18 bits per heavy atom. The van der Waals surface area contributed by atoms with Crippen molar-refractivity contribution in [1.29, 1.82) is 0 Å². The minimum absolute atomic E-state index is 0.0867. The summed E-state index contributed by atoms with van der Waals surface area (Å²) in [5, 5.41) is 8.75. The van der Waals surface area contributed by atoms with Crippen molar-refractivity contribution in [3.63, 3.8) is 0 Å². The van der Waals surface area contributed by atoms with Crippen LogP contribution in [-0.2, 0) is 0 Å². The summed E-state index contributed by atoms with van der Waals surface area (Å²) >= 11 is 5.98. The molecule has 0 bridgehead atoms. The van der Waals surface area contributed by atoms with Crippen molar-refractivity contribution in [3.05, 3.63) is 71.4 Å². The number of hydrazine groups is 1. The molecular formula is C25H27ClN6O. The molecule has 3 heterocycles. The van der Waals surface area contributed by atoms with Gasteiger partial charge in [-0.05, 0) is 55.3 Å². The fourth-order valence-electron chi connectivity index (χ4n) is 4.37. The Bertz CT molecular complexity index is 1090. The van der Waals surface area contributed by atoms with Crippen molar-refractivity contribution in [2.24, 2.45) is 0 Å². The Hall–Kier alpha value is -3.00. The molecule has 2 fully saturated rings. The van der Waals surface area contributed by atoms with Gasteiger partial charge in [0.05, 0.1) is 5.69 Å². The van der Waals surface area contributed by atoms with Gasteiger partial charge in [-0.15, -0.1) is 0 Å². The predicted octanol–water partition coefficient (Wildman–Crippen LogP) is 4.31. The van der Waals surface area contributed by atoms with Crippen LogP contribution in [0.3, 0.4) is 0 Å². The first-order valence-electron chi connectivity index (χ1n) is 11.4. The highest BCUT2D eigenvalue weighted by molar-refractivity contribution is 6.30. The van der Waals surface area contributed by atoms with Gasteiger partial charge in [-0.25, -0.2) is 20.0 Å². The van der Waals surface area contributed by atoms with Crippen molar-refractivity contribution in [2.75, 3.05) is 44.6 Å². The molecule has 2 aliphatic heterocycles. The molecule has 33 heavy (non-hydrogen) atoms. The molecule has 0 radical (unpaired) electrons. The number of piperazine rings is 1. The summed E-state index contributed by atoms with van der Waals surface area (Å²) in [7, 11) is 0. The van der Waals surface area contributed by atoms with Crippen LogP contribution in [-0.4, -0.2) is 70.1 Å². The summed E-state index contributed by atoms with van der Waals surface area (Å²) in [5.41, 5.74) is 3.31. The molecule has 5 rings (SSSR count). The van der Waals surface area contributed by atoms with Crippen molar-refractivity contribution >= 4 is 29.1 Å². The molecule has 2 aliphatic rings. The van der Waals surface area contributed by atoms with Gasteiger partial charge in [0.15, 0.2) is 0 Å². The number of anilines is 2. The van der Waals surface area contributed by atoms with Crippen molar-refractivity contribution in [2.45, 2.75) is 12.8 Å². The van der Waals surface area contributed by atoms with E-state index >= 15 is 0 Å². The summed E-state index contributed by atoms with van der Waals surface area (Å²) in [6.45, 7) is 5.64. The van der Waals surface area contributed by atoms with Crippen LogP contribution in [0.15, 0.2) is 60.8 Å². The Kier molecular flexibility index (Phi) is 6.53. The molecule has 0 saturated carbocycles. The van der Waals surface area contributed by atoms with Crippen LogP contribution in [0, 0.1) is 0 Å². The van der Waals surface area contributed by atoms with Gasteiger partial charge in [0.25, 0.3) is 5.91 Å². The number of benzene rings is 2. The highest BCUT2D eigenvalue weighted by Gasteiger charge is 2.26. The number of nitrogens with zero attached hydrogens (tertiary/aromatic N) is 5. The average Bonchev–Trinajstić information content (AvgIpc) is 3.40. The first-order valence-corrected chi connectivity index (χ1v) is 11.8. The van der Waals surface area contributed by atoms with E-state index in [0.717, 1.165) is 56.2 Å². The minimum atomic E-state index is 0.0867. The Morgan fingerprint density at radius 2 is 1.48 bits per heavy atom. The third kappa shape index (κ3) is 5.16. The molecule has 2 aromatic carbocycles. The lowest BCUT2D eigenvalue weighted by molar-refractivity contribution is -0.0355. The zero-order valence-corrected chi connectivity index (χ0v) is 19.2. The molecule has 8 heteroatoms. The van der Waals surface area contributed by atoms with E-state index in [1.165, 1.54) is 12.8 Å². The summed E-state index contributed by atoms with van der Waals surface area (Å²) in [5.74, 6) is 0.586. The van der Waals surface area contributed by atoms with Crippen LogP contribution >= 0.6 is 11.6 Å². The van der Waals surface area contributed by atoms with Gasteiger partial charge in [0.2, 0.25) is 5.95 Å². The normalized spacial score (nSPS) is 17.3. The maximum Gasteiger partial charge on any atom is 0.253 e. The van der Waals surface area contributed by atoms with E-state index in [9.17, 15) is 4.79 Å². The third-order valence-corrected chi connectivity index (χ3v) is 6.46. The average molecular weight is 463 g/mol. The van der Waals surface area contributed by atoms with Crippen molar-refractivity contribution in [3.8, 4) is 11.3 Å². The second-order valence-corrected chi connectivity index (χ2v) is 8.82. The molecule has 0 aliphatic carbocycles. The zero-order valence-electron chi connectivity index (χ0n) is 18.5. The number of amides is 1. The molecule has 0 spiro atoms. The summed E-state index contributed by atoms with van der Waals surface area (Å²) in [6, 6.07) is 16.9. The monoisotopic (exact) mass is 462 g/mol. The predicted molar refractivity (Wildman–Crippen MR) is 130 cm³/mol. The molecule has 3 aromatic rings. The van der Waals surface area contributed by atoms with Crippen molar-refractivity contribution in [1.82, 2.24) is 24.9 Å². The lowest BCUT2D eigenvalue weighted by atomic mass is 10.1. The third-order valence-electron chi connectivity index (χ3n) is 6.21. The van der Waals surface area contributed by atoms with E-state index < -0.39 is 0 Å². The second kappa shape index (κ2) is 9.87. The Balaban J connectivity index is 1.20. The highest BCUT2D eigenvalue weighted by atomic mass is 35.5. The minimum Gasteiger partial charge on any atom is -0.336 e. The smallest absolute Gasteiger partial charge is 0.253 e. The van der Waals surface area contributed by atoms with Gasteiger partial charge in [0.1, 0.15) is 0 Å². The topological polar surface area (TPSA) is 64.6 Å². The van der Waals surface area contributed by atoms with Gasteiger partial charge < -0.3 is 10.2 Å². The number of carbonyl (C=O) groups excluding carboxylic acids is 1. The van der Waals surface area contributed by atoms with Crippen molar-refractivity contribution < 1.29 is 4.79 Å². The second-order valence-electron chi connectivity index (χ2n) is 8.38. The van der Waals surface area contributed by atoms with Gasteiger partial charge in [-0.3, -0.25) is 4.79 Å². The fourth-order valence-corrected chi connectivity index (χ4v) is 4.50. The number of aromatic nitrogens is 2. The highest BCUT2D eigenvalue weighted by Crippen LogP contribution is 2.22.